The van der Waals surface area contributed by atoms with Crippen molar-refractivity contribution in [1.82, 2.24) is 0 Å². The van der Waals surface area contributed by atoms with Crippen LogP contribution in [0.1, 0.15) is 0 Å². The average molecular weight is 416 g/mol. The van der Waals surface area contributed by atoms with E-state index in [-0.39, 0.29) is 11.6 Å². The maximum Gasteiger partial charge on any atom is 0.131 e. The highest BCUT2D eigenvalue weighted by atomic mass is 19.1. The van der Waals surface area contributed by atoms with Crippen LogP contribution in [0.4, 0.5) is 8.78 Å². The lowest BCUT2D eigenvalue weighted by Gasteiger charge is -2.19. The first kappa shape index (κ1) is 18.7. The van der Waals surface area contributed by atoms with E-state index in [1.165, 1.54) is 12.1 Å². The van der Waals surface area contributed by atoms with Crippen LogP contribution in [-0.4, -0.2) is 0 Å². The zero-order valence-electron chi connectivity index (χ0n) is 17.1. The Hall–Kier alpha value is -4.04. The van der Waals surface area contributed by atoms with E-state index in [0.29, 0.717) is 11.1 Å². The normalized spacial score (nSPS) is 11.4. The second-order valence-electron chi connectivity index (χ2n) is 8.00. The van der Waals surface area contributed by atoms with E-state index in [9.17, 15) is 0 Å². The quantitative estimate of drug-likeness (QED) is 0.248. The molecule has 0 N–H and O–H groups in total. The van der Waals surface area contributed by atoms with Crippen LogP contribution in [-0.2, 0) is 0 Å². The fourth-order valence-electron chi connectivity index (χ4n) is 4.77. The van der Waals surface area contributed by atoms with Crippen molar-refractivity contribution in [2.24, 2.45) is 0 Å². The van der Waals surface area contributed by atoms with Crippen LogP contribution in [0.2, 0.25) is 0 Å². The van der Waals surface area contributed by atoms with Crippen molar-refractivity contribution in [2.45, 2.75) is 0 Å². The summed E-state index contributed by atoms with van der Waals surface area (Å²) in [6.07, 6.45) is 0. The molecule has 0 heterocycles. The van der Waals surface area contributed by atoms with Crippen molar-refractivity contribution >= 4 is 32.3 Å². The predicted octanol–water partition coefficient (Wildman–Crippen LogP) is 8.76. The van der Waals surface area contributed by atoms with Gasteiger partial charge >= 0.3 is 0 Å². The lowest BCUT2D eigenvalue weighted by molar-refractivity contribution is 0.631. The average Bonchev–Trinajstić information content (AvgIpc) is 2.83. The second kappa shape index (κ2) is 7.28. The molecule has 0 saturated carbocycles. The molecule has 6 aromatic carbocycles. The van der Waals surface area contributed by atoms with Crippen molar-refractivity contribution in [3.63, 3.8) is 0 Å². The van der Waals surface area contributed by atoms with Gasteiger partial charge in [0.1, 0.15) is 11.6 Å². The molecule has 0 saturated heterocycles. The van der Waals surface area contributed by atoms with Crippen LogP contribution in [0.15, 0.2) is 109 Å². The van der Waals surface area contributed by atoms with Crippen molar-refractivity contribution in [3.8, 4) is 22.3 Å². The Kier molecular flexibility index (Phi) is 4.26. The van der Waals surface area contributed by atoms with E-state index < -0.39 is 0 Å². The van der Waals surface area contributed by atoms with Gasteiger partial charge in [-0.3, -0.25) is 0 Å². The molecular weight excluding hydrogens is 398 g/mol. The summed E-state index contributed by atoms with van der Waals surface area (Å²) in [7, 11) is 0. The van der Waals surface area contributed by atoms with Crippen LogP contribution in [0.25, 0.3) is 54.6 Å². The summed E-state index contributed by atoms with van der Waals surface area (Å²) in [4.78, 5) is 0. The monoisotopic (exact) mass is 416 g/mol. The summed E-state index contributed by atoms with van der Waals surface area (Å²) in [6.45, 7) is 0. The van der Waals surface area contributed by atoms with Gasteiger partial charge in [0.15, 0.2) is 0 Å². The first-order valence-electron chi connectivity index (χ1n) is 10.6. The van der Waals surface area contributed by atoms with Crippen molar-refractivity contribution in [2.75, 3.05) is 0 Å². The molecule has 0 spiro atoms. The van der Waals surface area contributed by atoms with Crippen LogP contribution >= 0.6 is 0 Å². The highest BCUT2D eigenvalue weighted by Gasteiger charge is 2.20. The van der Waals surface area contributed by atoms with Gasteiger partial charge in [-0.1, -0.05) is 84.9 Å². The molecule has 0 aromatic heterocycles. The highest BCUT2D eigenvalue weighted by molar-refractivity contribution is 6.23. The zero-order chi connectivity index (χ0) is 21.7. The van der Waals surface area contributed by atoms with Crippen molar-refractivity contribution < 1.29 is 8.78 Å². The minimum absolute atomic E-state index is 0.272. The van der Waals surface area contributed by atoms with Crippen LogP contribution in [0, 0.1) is 11.6 Å². The maximum absolute atomic E-state index is 15.1. The molecule has 0 radical (unpaired) electrons. The predicted molar refractivity (Wildman–Crippen MR) is 130 cm³/mol. The molecule has 0 aliphatic heterocycles. The minimum Gasteiger partial charge on any atom is -0.206 e. The first-order chi connectivity index (χ1) is 15.7. The lowest BCUT2D eigenvalue weighted by atomic mass is 9.84. The molecule has 152 valence electrons. The molecule has 0 fully saturated rings. The van der Waals surface area contributed by atoms with Gasteiger partial charge in [-0.25, -0.2) is 8.78 Å². The summed E-state index contributed by atoms with van der Waals surface area (Å²) in [5.74, 6) is -0.545. The van der Waals surface area contributed by atoms with E-state index in [1.807, 2.05) is 60.7 Å². The summed E-state index contributed by atoms with van der Waals surface area (Å²) < 4.78 is 30.1. The summed E-state index contributed by atoms with van der Waals surface area (Å²) >= 11 is 0. The maximum atomic E-state index is 15.1. The Balaban J connectivity index is 1.91. The standard InChI is InChI=1S/C30H18F2/c31-27-15-7-5-13-23(27)29-21-11-3-4-12-22(21)30(24-14-6-8-16-28(24)32)26-18-20-10-2-1-9-19(20)17-25(26)29/h1-18H. The van der Waals surface area contributed by atoms with Gasteiger partial charge in [0.25, 0.3) is 0 Å². The van der Waals surface area contributed by atoms with Gasteiger partial charge in [-0.2, -0.15) is 0 Å². The molecule has 6 rings (SSSR count). The zero-order valence-corrected chi connectivity index (χ0v) is 17.1. The van der Waals surface area contributed by atoms with Gasteiger partial charge in [0, 0.05) is 22.3 Å². The van der Waals surface area contributed by atoms with Crippen LogP contribution in [0.3, 0.4) is 0 Å². The minimum atomic E-state index is -0.272. The summed E-state index contributed by atoms with van der Waals surface area (Å²) in [5, 5.41) is 5.74. The molecule has 0 atom stereocenters. The van der Waals surface area contributed by atoms with Gasteiger partial charge in [-0.05, 0) is 56.6 Å². The third kappa shape index (κ3) is 2.80. The summed E-state index contributed by atoms with van der Waals surface area (Å²) in [6, 6.07) is 33.9. The molecule has 2 heteroatoms. The lowest BCUT2D eigenvalue weighted by Crippen LogP contribution is -1.94. The molecule has 0 unspecified atom stereocenters. The Morgan fingerprint density at radius 1 is 0.375 bits per heavy atom. The number of rotatable bonds is 2. The molecule has 0 amide bonds. The molecule has 0 aliphatic carbocycles. The molecule has 0 aliphatic rings. The van der Waals surface area contributed by atoms with Crippen molar-refractivity contribution in [1.29, 1.82) is 0 Å². The van der Waals surface area contributed by atoms with Gasteiger partial charge in [0.2, 0.25) is 0 Å². The van der Waals surface area contributed by atoms with Crippen molar-refractivity contribution in [3.05, 3.63) is 121 Å². The number of fused-ring (bicyclic) bond motifs is 3. The molecular formula is C30H18F2. The Bertz CT molecular complexity index is 1520. The van der Waals surface area contributed by atoms with Gasteiger partial charge in [-0.15, -0.1) is 0 Å². The third-order valence-corrected chi connectivity index (χ3v) is 6.18. The molecule has 6 aromatic rings. The number of hydrogen-bond acceptors (Lipinski definition) is 0. The van der Waals surface area contributed by atoms with Gasteiger partial charge in [0.05, 0.1) is 0 Å². The fourth-order valence-corrected chi connectivity index (χ4v) is 4.77. The highest BCUT2D eigenvalue weighted by Crippen LogP contribution is 2.45. The number of benzene rings is 6. The van der Waals surface area contributed by atoms with Gasteiger partial charge < -0.3 is 0 Å². The molecule has 0 bridgehead atoms. The molecule has 32 heavy (non-hydrogen) atoms. The third-order valence-electron chi connectivity index (χ3n) is 6.18. The first-order valence-corrected chi connectivity index (χ1v) is 10.6. The fraction of sp³-hybridized carbons (Fsp3) is 0. The number of hydrogen-bond donors (Lipinski definition) is 0. The Labute approximate surface area is 184 Å². The topological polar surface area (TPSA) is 0 Å². The Morgan fingerprint density at radius 2 is 0.750 bits per heavy atom. The SMILES string of the molecule is Fc1ccccc1-c1c2ccccc2c(-c2ccccc2F)c2cc3ccccc3cc12. The van der Waals surface area contributed by atoms with E-state index in [1.54, 1.807) is 12.1 Å². The molecule has 0 nitrogen and oxygen atoms in total. The van der Waals surface area contributed by atoms with E-state index in [0.717, 1.165) is 43.4 Å². The smallest absolute Gasteiger partial charge is 0.131 e. The summed E-state index contributed by atoms with van der Waals surface area (Å²) in [5.41, 5.74) is 2.76. The Morgan fingerprint density at radius 3 is 1.19 bits per heavy atom. The van der Waals surface area contributed by atoms with E-state index in [4.69, 9.17) is 0 Å². The van der Waals surface area contributed by atoms with Crippen LogP contribution < -0.4 is 0 Å². The largest absolute Gasteiger partial charge is 0.206 e. The number of halogens is 2. The second-order valence-corrected chi connectivity index (χ2v) is 8.00. The van der Waals surface area contributed by atoms with E-state index in [2.05, 4.69) is 24.3 Å². The van der Waals surface area contributed by atoms with E-state index >= 15 is 8.78 Å². The van der Waals surface area contributed by atoms with Crippen LogP contribution in [0.5, 0.6) is 0 Å².